The number of esters is 1. The molecule has 0 saturated carbocycles. The third-order valence-corrected chi connectivity index (χ3v) is 3.83. The first-order chi connectivity index (χ1) is 11.7. The zero-order valence-electron chi connectivity index (χ0n) is 14.2. The molecule has 2 aromatic rings. The molecule has 0 aliphatic heterocycles. The SMILES string of the molecule is C=CCCOC(=O)c1ccc(CCCc2ccc(OC)cc2)cc1. The van der Waals surface area contributed by atoms with Crippen LogP contribution in [0.25, 0.3) is 0 Å². The fraction of sp³-hybridized carbons (Fsp3) is 0.286. The summed E-state index contributed by atoms with van der Waals surface area (Å²) in [6.07, 6.45) is 5.48. The molecular weight excluding hydrogens is 300 g/mol. The lowest BCUT2D eigenvalue weighted by Crippen LogP contribution is -2.06. The highest BCUT2D eigenvalue weighted by Crippen LogP contribution is 2.14. The van der Waals surface area contributed by atoms with E-state index in [1.165, 1.54) is 11.1 Å². The second-order valence-electron chi connectivity index (χ2n) is 5.61. The van der Waals surface area contributed by atoms with E-state index in [0.29, 0.717) is 18.6 Å². The third-order valence-electron chi connectivity index (χ3n) is 3.83. The molecule has 2 rings (SSSR count). The molecule has 0 aliphatic carbocycles. The van der Waals surface area contributed by atoms with Gasteiger partial charge in [-0.1, -0.05) is 30.3 Å². The summed E-state index contributed by atoms with van der Waals surface area (Å²) < 4.78 is 10.3. The van der Waals surface area contributed by atoms with Crippen LogP contribution >= 0.6 is 0 Å². The van der Waals surface area contributed by atoms with Gasteiger partial charge in [-0.3, -0.25) is 0 Å². The Hall–Kier alpha value is -2.55. The third kappa shape index (κ3) is 5.58. The van der Waals surface area contributed by atoms with Gasteiger partial charge < -0.3 is 9.47 Å². The Balaban J connectivity index is 1.78. The van der Waals surface area contributed by atoms with Crippen molar-refractivity contribution in [3.05, 3.63) is 77.9 Å². The van der Waals surface area contributed by atoms with E-state index >= 15 is 0 Å². The average Bonchev–Trinajstić information content (AvgIpc) is 2.63. The van der Waals surface area contributed by atoms with Crippen LogP contribution in [-0.2, 0) is 17.6 Å². The lowest BCUT2D eigenvalue weighted by molar-refractivity contribution is 0.0512. The lowest BCUT2D eigenvalue weighted by atomic mass is 10.0. The van der Waals surface area contributed by atoms with Crippen molar-refractivity contribution < 1.29 is 14.3 Å². The second-order valence-corrected chi connectivity index (χ2v) is 5.61. The van der Waals surface area contributed by atoms with Crippen molar-refractivity contribution in [3.8, 4) is 5.75 Å². The number of ether oxygens (including phenoxy) is 2. The zero-order valence-corrected chi connectivity index (χ0v) is 14.2. The molecule has 0 heterocycles. The van der Waals surface area contributed by atoms with Gasteiger partial charge in [0.1, 0.15) is 5.75 Å². The summed E-state index contributed by atoms with van der Waals surface area (Å²) in [7, 11) is 1.67. The summed E-state index contributed by atoms with van der Waals surface area (Å²) in [6.45, 7) is 3.98. The maximum absolute atomic E-state index is 11.8. The fourth-order valence-corrected chi connectivity index (χ4v) is 2.41. The summed E-state index contributed by atoms with van der Waals surface area (Å²) in [5.74, 6) is 0.607. The highest BCUT2D eigenvalue weighted by Gasteiger charge is 2.06. The zero-order chi connectivity index (χ0) is 17.2. The van der Waals surface area contributed by atoms with Gasteiger partial charge in [-0.15, -0.1) is 6.58 Å². The van der Waals surface area contributed by atoms with Crippen molar-refractivity contribution in [2.75, 3.05) is 13.7 Å². The quantitative estimate of drug-likeness (QED) is 0.384. The van der Waals surface area contributed by atoms with E-state index in [9.17, 15) is 4.79 Å². The van der Waals surface area contributed by atoms with Crippen molar-refractivity contribution in [2.24, 2.45) is 0 Å². The number of hydrogen-bond acceptors (Lipinski definition) is 3. The first-order valence-corrected chi connectivity index (χ1v) is 8.23. The standard InChI is InChI=1S/C21H24O3/c1-3-4-16-24-21(22)19-12-8-17(9-13-19)6-5-7-18-10-14-20(23-2)15-11-18/h3,8-15H,1,4-7,16H2,2H3. The van der Waals surface area contributed by atoms with Gasteiger partial charge in [0.15, 0.2) is 0 Å². The summed E-state index contributed by atoms with van der Waals surface area (Å²) in [5.41, 5.74) is 3.13. The van der Waals surface area contributed by atoms with Gasteiger partial charge in [0.05, 0.1) is 19.3 Å². The molecule has 2 aromatic carbocycles. The van der Waals surface area contributed by atoms with Gasteiger partial charge in [0.25, 0.3) is 0 Å². The molecule has 0 atom stereocenters. The van der Waals surface area contributed by atoms with Crippen LogP contribution in [0.1, 0.15) is 34.3 Å². The average molecular weight is 324 g/mol. The van der Waals surface area contributed by atoms with Crippen molar-refractivity contribution in [3.63, 3.8) is 0 Å². The first kappa shape index (κ1) is 17.8. The molecule has 0 amide bonds. The number of hydrogen-bond donors (Lipinski definition) is 0. The molecule has 0 unspecified atom stereocenters. The Morgan fingerprint density at radius 3 is 2.12 bits per heavy atom. The number of aryl methyl sites for hydroxylation is 2. The van der Waals surface area contributed by atoms with Crippen LogP contribution in [0, 0.1) is 0 Å². The Bertz CT molecular complexity index is 642. The Kier molecular flexibility index (Phi) is 7.09. The molecule has 0 aromatic heterocycles. The molecule has 0 radical (unpaired) electrons. The van der Waals surface area contributed by atoms with Gasteiger partial charge in [-0.25, -0.2) is 4.79 Å². The van der Waals surface area contributed by atoms with Gasteiger partial charge >= 0.3 is 5.97 Å². The number of benzene rings is 2. The highest BCUT2D eigenvalue weighted by molar-refractivity contribution is 5.89. The van der Waals surface area contributed by atoms with Crippen LogP contribution in [0.5, 0.6) is 5.75 Å². The van der Waals surface area contributed by atoms with E-state index in [4.69, 9.17) is 9.47 Å². The minimum atomic E-state index is -0.276. The molecule has 0 aliphatic rings. The molecule has 3 heteroatoms. The van der Waals surface area contributed by atoms with Gasteiger partial charge in [-0.05, 0) is 61.1 Å². The first-order valence-electron chi connectivity index (χ1n) is 8.23. The molecular formula is C21H24O3. The predicted octanol–water partition coefficient (Wildman–Crippen LogP) is 4.60. The topological polar surface area (TPSA) is 35.5 Å². The number of methoxy groups -OCH3 is 1. The van der Waals surface area contributed by atoms with Crippen LogP contribution in [0.3, 0.4) is 0 Å². The fourth-order valence-electron chi connectivity index (χ4n) is 2.41. The number of carbonyl (C=O) groups is 1. The lowest BCUT2D eigenvalue weighted by Gasteiger charge is -2.06. The molecule has 0 fully saturated rings. The highest BCUT2D eigenvalue weighted by atomic mass is 16.5. The second kappa shape index (κ2) is 9.56. The van der Waals surface area contributed by atoms with Gasteiger partial charge in [0, 0.05) is 0 Å². The number of rotatable bonds is 9. The molecule has 3 nitrogen and oxygen atoms in total. The predicted molar refractivity (Wildman–Crippen MR) is 96.6 cm³/mol. The van der Waals surface area contributed by atoms with Crippen LogP contribution in [0.15, 0.2) is 61.2 Å². The van der Waals surface area contributed by atoms with E-state index in [0.717, 1.165) is 25.0 Å². The molecule has 0 N–H and O–H groups in total. The number of carbonyl (C=O) groups excluding carboxylic acids is 1. The van der Waals surface area contributed by atoms with E-state index < -0.39 is 0 Å². The van der Waals surface area contributed by atoms with Crippen molar-refractivity contribution in [1.82, 2.24) is 0 Å². The summed E-state index contributed by atoms with van der Waals surface area (Å²) in [6, 6.07) is 15.8. The summed E-state index contributed by atoms with van der Waals surface area (Å²) in [4.78, 5) is 11.8. The van der Waals surface area contributed by atoms with Crippen LogP contribution in [0.2, 0.25) is 0 Å². The monoisotopic (exact) mass is 324 g/mol. The van der Waals surface area contributed by atoms with Crippen molar-refractivity contribution >= 4 is 5.97 Å². The van der Waals surface area contributed by atoms with Crippen LogP contribution < -0.4 is 4.74 Å². The Morgan fingerprint density at radius 2 is 1.58 bits per heavy atom. The minimum Gasteiger partial charge on any atom is -0.497 e. The summed E-state index contributed by atoms with van der Waals surface area (Å²) in [5, 5.41) is 0. The maximum Gasteiger partial charge on any atom is 0.338 e. The Labute approximate surface area is 143 Å². The van der Waals surface area contributed by atoms with Crippen molar-refractivity contribution in [1.29, 1.82) is 0 Å². The van der Waals surface area contributed by atoms with Crippen molar-refractivity contribution in [2.45, 2.75) is 25.7 Å². The van der Waals surface area contributed by atoms with E-state index in [1.54, 1.807) is 13.2 Å². The van der Waals surface area contributed by atoms with E-state index in [-0.39, 0.29) is 5.97 Å². The minimum absolute atomic E-state index is 0.276. The van der Waals surface area contributed by atoms with Crippen LogP contribution in [-0.4, -0.2) is 19.7 Å². The molecule has 0 spiro atoms. The molecule has 126 valence electrons. The normalized spacial score (nSPS) is 10.2. The molecule has 0 bridgehead atoms. The summed E-state index contributed by atoms with van der Waals surface area (Å²) >= 11 is 0. The van der Waals surface area contributed by atoms with Gasteiger partial charge in [-0.2, -0.15) is 0 Å². The molecule has 24 heavy (non-hydrogen) atoms. The molecule has 0 saturated heterocycles. The Morgan fingerprint density at radius 1 is 1.00 bits per heavy atom. The maximum atomic E-state index is 11.8. The van der Waals surface area contributed by atoms with E-state index in [1.807, 2.05) is 36.4 Å². The largest absolute Gasteiger partial charge is 0.497 e. The smallest absolute Gasteiger partial charge is 0.338 e. The van der Waals surface area contributed by atoms with Gasteiger partial charge in [0.2, 0.25) is 0 Å². The van der Waals surface area contributed by atoms with E-state index in [2.05, 4.69) is 18.7 Å². The van der Waals surface area contributed by atoms with Crippen LogP contribution in [0.4, 0.5) is 0 Å².